The van der Waals surface area contributed by atoms with Crippen molar-refractivity contribution in [2.75, 3.05) is 6.54 Å². The molecule has 248 valence electrons. The zero-order chi connectivity index (χ0) is 33.7. The summed E-state index contributed by atoms with van der Waals surface area (Å²) in [6, 6.07) is -0.741. The van der Waals surface area contributed by atoms with Crippen LogP contribution in [0.1, 0.15) is 55.9 Å². The molecule has 2 aromatic rings. The molecule has 0 radical (unpaired) electrons. The Morgan fingerprint density at radius 3 is 1.20 bits per heavy atom. The number of halogens is 12. The first-order valence-electron chi connectivity index (χ1n) is 13.0. The van der Waals surface area contributed by atoms with Gasteiger partial charge in [-0.25, -0.2) is 0 Å². The summed E-state index contributed by atoms with van der Waals surface area (Å²) >= 11 is 0. The lowest BCUT2D eigenvalue weighted by Gasteiger charge is -2.46. The fraction of sp³-hybridized carbons (Fsp3) is 0.556. The van der Waals surface area contributed by atoms with Gasteiger partial charge in [0.15, 0.2) is 0 Å². The maximum atomic E-state index is 13.7. The van der Waals surface area contributed by atoms with Gasteiger partial charge in [-0.1, -0.05) is 20.8 Å². The van der Waals surface area contributed by atoms with Crippen LogP contribution in [0.4, 0.5) is 52.7 Å². The van der Waals surface area contributed by atoms with E-state index in [9.17, 15) is 52.7 Å². The molecule has 0 unspecified atom stereocenters. The second kappa shape index (κ2) is 11.6. The van der Waals surface area contributed by atoms with Crippen molar-refractivity contribution < 1.29 is 66.6 Å². The van der Waals surface area contributed by atoms with Gasteiger partial charge in [0.1, 0.15) is 17.5 Å². The largest absolute Gasteiger partial charge is 0.429 e. The third kappa shape index (κ3) is 8.32. The minimum Gasteiger partial charge on any atom is -0.429 e. The quantitative estimate of drug-likeness (QED) is 0.181. The van der Waals surface area contributed by atoms with Gasteiger partial charge in [0.05, 0.1) is 22.3 Å². The van der Waals surface area contributed by atoms with E-state index >= 15 is 0 Å². The average Bonchev–Trinajstić information content (AvgIpc) is 3.36. The van der Waals surface area contributed by atoms with E-state index < -0.39 is 83.8 Å². The van der Waals surface area contributed by atoms with Gasteiger partial charge < -0.3 is 19.2 Å². The highest BCUT2D eigenvalue weighted by Gasteiger charge is 2.55. The third-order valence-corrected chi connectivity index (χ3v) is 11.7. The molecule has 3 rings (SSSR count). The molecule has 4 nitrogen and oxygen atoms in total. The Hall–Kier alpha value is -2.66. The summed E-state index contributed by atoms with van der Waals surface area (Å²) in [6.07, 6.45) is -20.8. The first-order valence-corrected chi connectivity index (χ1v) is 16.0. The number of alkyl halides is 12. The van der Waals surface area contributed by atoms with Crippen LogP contribution in [0.25, 0.3) is 0 Å². The van der Waals surface area contributed by atoms with Crippen LogP contribution in [0.15, 0.2) is 36.4 Å². The van der Waals surface area contributed by atoms with Gasteiger partial charge in [0.25, 0.3) is 0 Å². The van der Waals surface area contributed by atoms with E-state index in [-0.39, 0.29) is 49.4 Å². The van der Waals surface area contributed by atoms with Gasteiger partial charge in [0, 0.05) is 0 Å². The van der Waals surface area contributed by atoms with Crippen LogP contribution in [-0.4, -0.2) is 26.9 Å². The summed E-state index contributed by atoms with van der Waals surface area (Å²) in [6.45, 7) is 8.39. The van der Waals surface area contributed by atoms with Crippen molar-refractivity contribution in [2.24, 2.45) is 0 Å². The zero-order valence-corrected chi connectivity index (χ0v) is 24.9. The van der Waals surface area contributed by atoms with Crippen LogP contribution in [0.5, 0.6) is 11.5 Å². The van der Waals surface area contributed by atoms with Crippen LogP contribution < -0.4 is 14.8 Å². The lowest BCUT2D eigenvalue weighted by atomic mass is 10.1. The molecule has 17 heteroatoms. The second-order valence-electron chi connectivity index (χ2n) is 11.8. The van der Waals surface area contributed by atoms with Crippen molar-refractivity contribution in [3.63, 3.8) is 0 Å². The van der Waals surface area contributed by atoms with Crippen molar-refractivity contribution in [3.05, 3.63) is 58.7 Å². The summed E-state index contributed by atoms with van der Waals surface area (Å²) in [5.41, 5.74) is -7.11. The Morgan fingerprint density at radius 1 is 0.614 bits per heavy atom. The summed E-state index contributed by atoms with van der Waals surface area (Å²) < 4.78 is 182. The summed E-state index contributed by atoms with van der Waals surface area (Å²) in [4.78, 5) is 0. The molecule has 1 aliphatic heterocycles. The lowest BCUT2D eigenvalue weighted by molar-refractivity contribution is -0.276. The van der Waals surface area contributed by atoms with Crippen molar-refractivity contribution in [3.8, 4) is 11.5 Å². The first kappa shape index (κ1) is 35.8. The minimum absolute atomic E-state index is 0.0187. The summed E-state index contributed by atoms with van der Waals surface area (Å²) in [5, 5.41) is 2.09. The third-order valence-electron chi connectivity index (χ3n) is 7.33. The predicted molar refractivity (Wildman–Crippen MR) is 136 cm³/mol. The highest BCUT2D eigenvalue weighted by Crippen LogP contribution is 2.46. The number of ether oxygens (including phenoxy) is 2. The molecule has 0 bridgehead atoms. The zero-order valence-electron chi connectivity index (χ0n) is 23.9. The van der Waals surface area contributed by atoms with Crippen LogP contribution in [0, 0.1) is 0 Å². The molecule has 1 heterocycles. The Morgan fingerprint density at radius 2 is 0.955 bits per heavy atom. The number of hydrogen-bond donors (Lipinski definition) is 1. The fourth-order valence-electron chi connectivity index (χ4n) is 4.07. The predicted octanol–water partition coefficient (Wildman–Crippen LogP) is 9.65. The maximum Gasteiger partial charge on any atom is 0.416 e. The fourth-order valence-corrected chi connectivity index (χ4v) is 5.31. The highest BCUT2D eigenvalue weighted by molar-refractivity contribution is 6.74. The number of hydrogen-bond acceptors (Lipinski definition) is 4. The summed E-state index contributed by atoms with van der Waals surface area (Å²) in [5.74, 6) is -5.01. The molecule has 0 saturated carbocycles. The molecule has 0 amide bonds. The van der Waals surface area contributed by atoms with E-state index in [0.717, 1.165) is 0 Å². The van der Waals surface area contributed by atoms with Gasteiger partial charge in [-0.2, -0.15) is 52.7 Å². The lowest BCUT2D eigenvalue weighted by Crippen LogP contribution is -2.64. The van der Waals surface area contributed by atoms with Gasteiger partial charge >= 0.3 is 30.7 Å². The topological polar surface area (TPSA) is 39.7 Å². The van der Waals surface area contributed by atoms with E-state index in [1.165, 1.54) is 0 Å². The van der Waals surface area contributed by atoms with Crippen molar-refractivity contribution >= 4 is 8.32 Å². The maximum absolute atomic E-state index is 13.7. The molecule has 0 spiro atoms. The van der Waals surface area contributed by atoms with E-state index in [4.69, 9.17) is 13.9 Å². The van der Waals surface area contributed by atoms with Crippen LogP contribution in [0.3, 0.4) is 0 Å². The number of rotatable bonds is 7. The molecule has 0 aliphatic carbocycles. The molecule has 1 N–H and O–H groups in total. The first-order chi connectivity index (χ1) is 19.6. The summed E-state index contributed by atoms with van der Waals surface area (Å²) in [7, 11) is -3.30. The van der Waals surface area contributed by atoms with E-state index in [1.807, 2.05) is 0 Å². The molecule has 44 heavy (non-hydrogen) atoms. The molecule has 1 aliphatic rings. The molecule has 1 fully saturated rings. The Balaban J connectivity index is 2.34. The minimum atomic E-state index is -5.29. The number of nitrogens with one attached hydrogen (secondary N) is 1. The Kier molecular flexibility index (Phi) is 9.45. The monoisotopic (exact) mass is 671 g/mol. The van der Waals surface area contributed by atoms with E-state index in [2.05, 4.69) is 5.32 Å². The smallest absolute Gasteiger partial charge is 0.416 e. The molecule has 1 atom stereocenters. The highest BCUT2D eigenvalue weighted by atomic mass is 28.4. The molecule has 0 aromatic heterocycles. The molecule has 2 aromatic carbocycles. The Labute approximate surface area is 245 Å². The Bertz CT molecular complexity index is 1180. The number of benzene rings is 2. The molecule has 1 saturated heterocycles. The SMILES string of the molecule is CC(C)(C)[Si](C)(C)OC(Oc1cc(C(F)(F)F)cc(C(F)(F)F)c1)(Oc1cc(C(F)(F)F)cc(C(F)(F)F)c1)[C@H]1CCCN1. The van der Waals surface area contributed by atoms with Crippen molar-refractivity contribution in [1.29, 1.82) is 0 Å². The van der Waals surface area contributed by atoms with Crippen LogP contribution >= 0.6 is 0 Å². The van der Waals surface area contributed by atoms with Gasteiger partial charge in [-0.05, 0) is 73.9 Å². The van der Waals surface area contributed by atoms with Crippen molar-refractivity contribution in [1.82, 2.24) is 5.32 Å². The van der Waals surface area contributed by atoms with Gasteiger partial charge in [-0.3, -0.25) is 0 Å². The van der Waals surface area contributed by atoms with Crippen LogP contribution in [0.2, 0.25) is 18.1 Å². The van der Waals surface area contributed by atoms with E-state index in [1.54, 1.807) is 33.9 Å². The molecular weight excluding hydrogens is 642 g/mol. The van der Waals surface area contributed by atoms with E-state index in [0.29, 0.717) is 6.42 Å². The van der Waals surface area contributed by atoms with Crippen LogP contribution in [-0.2, 0) is 29.1 Å². The van der Waals surface area contributed by atoms with Gasteiger partial charge in [-0.15, -0.1) is 0 Å². The average molecular weight is 672 g/mol. The standard InChI is InChI=1S/C27H29F12NO3Si/c1-22(2,3)44(4,5)43-27(21-7-6-8-40-21,41-19-11-15(23(28,29)30)9-16(12-19)24(31,32)33)42-20-13-17(25(34,35)36)10-18(14-20)26(37,38)39/h9-14,21,40H,6-8H2,1-5H3/t21-/m1/s1. The van der Waals surface area contributed by atoms with Crippen molar-refractivity contribution in [2.45, 2.75) is 88.5 Å². The second-order valence-corrected chi connectivity index (χ2v) is 16.5. The van der Waals surface area contributed by atoms with Gasteiger partial charge in [0.2, 0.25) is 8.32 Å². The molecular formula is C27H29F12NO3Si. The normalized spacial score (nSPS) is 17.6.